The van der Waals surface area contributed by atoms with Gasteiger partial charge in [0.2, 0.25) is 0 Å². The van der Waals surface area contributed by atoms with Crippen LogP contribution in [0.15, 0.2) is 16.6 Å². The van der Waals surface area contributed by atoms with E-state index in [4.69, 9.17) is 5.11 Å². The predicted molar refractivity (Wildman–Crippen MR) is 63.4 cm³/mol. The normalized spacial score (nSPS) is 11.6. The van der Waals surface area contributed by atoms with Crippen LogP contribution in [0.3, 0.4) is 0 Å². The third kappa shape index (κ3) is 3.42. The van der Waals surface area contributed by atoms with Crippen molar-refractivity contribution in [2.45, 2.75) is 13.8 Å². The van der Waals surface area contributed by atoms with Crippen molar-refractivity contribution in [2.24, 2.45) is 5.41 Å². The lowest BCUT2D eigenvalue weighted by molar-refractivity contribution is 0.170. The molecule has 0 fully saturated rings. The van der Waals surface area contributed by atoms with Gasteiger partial charge in [-0.2, -0.15) is 0 Å². The van der Waals surface area contributed by atoms with Gasteiger partial charge >= 0.3 is 0 Å². The molecule has 1 aromatic carbocycles. The van der Waals surface area contributed by atoms with E-state index in [1.165, 1.54) is 0 Å². The summed E-state index contributed by atoms with van der Waals surface area (Å²) in [6.07, 6.45) is 0. The zero-order valence-corrected chi connectivity index (χ0v) is 10.7. The second-order valence-corrected chi connectivity index (χ2v) is 5.28. The average Bonchev–Trinajstić information content (AvgIpc) is 2.22. The van der Waals surface area contributed by atoms with Crippen LogP contribution < -0.4 is 5.32 Å². The highest BCUT2D eigenvalue weighted by molar-refractivity contribution is 9.10. The summed E-state index contributed by atoms with van der Waals surface area (Å²) in [4.78, 5) is 0. The van der Waals surface area contributed by atoms with Gasteiger partial charge in [-0.3, -0.25) is 0 Å². The first-order valence-electron chi connectivity index (χ1n) is 4.85. The van der Waals surface area contributed by atoms with Gasteiger partial charge in [-0.15, -0.1) is 0 Å². The Hall–Kier alpha value is -0.680. The van der Waals surface area contributed by atoms with Crippen molar-refractivity contribution in [1.82, 2.24) is 0 Å². The maximum atomic E-state index is 13.4. The zero-order chi connectivity index (χ0) is 12.3. The average molecular weight is 294 g/mol. The van der Waals surface area contributed by atoms with Crippen LogP contribution in [0.2, 0.25) is 0 Å². The molecule has 0 atom stereocenters. The fraction of sp³-hybridized carbons (Fsp3) is 0.455. The zero-order valence-electron chi connectivity index (χ0n) is 9.15. The Labute approximate surface area is 102 Å². The molecule has 0 heterocycles. The maximum Gasteiger partial charge on any atom is 0.147 e. The van der Waals surface area contributed by atoms with Crippen LogP contribution >= 0.6 is 15.9 Å². The van der Waals surface area contributed by atoms with Crippen molar-refractivity contribution in [2.75, 3.05) is 18.5 Å². The summed E-state index contributed by atoms with van der Waals surface area (Å²) in [5.41, 5.74) is -0.280. The van der Waals surface area contributed by atoms with Crippen molar-refractivity contribution in [3.8, 4) is 0 Å². The van der Waals surface area contributed by atoms with E-state index in [0.29, 0.717) is 6.54 Å². The largest absolute Gasteiger partial charge is 0.396 e. The molecule has 0 saturated heterocycles. The van der Waals surface area contributed by atoms with Crippen LogP contribution in [0.1, 0.15) is 13.8 Å². The molecule has 0 saturated carbocycles. The topological polar surface area (TPSA) is 32.3 Å². The molecule has 2 nitrogen and oxygen atoms in total. The molecule has 0 aliphatic carbocycles. The number of halogens is 3. The molecule has 16 heavy (non-hydrogen) atoms. The van der Waals surface area contributed by atoms with Gasteiger partial charge < -0.3 is 10.4 Å². The third-order valence-corrected chi connectivity index (χ3v) is 2.80. The minimum atomic E-state index is -0.526. The van der Waals surface area contributed by atoms with E-state index >= 15 is 0 Å². The Morgan fingerprint density at radius 2 is 1.94 bits per heavy atom. The quantitative estimate of drug-likeness (QED) is 0.836. The molecule has 0 aliphatic heterocycles. The van der Waals surface area contributed by atoms with Crippen molar-refractivity contribution < 1.29 is 13.9 Å². The van der Waals surface area contributed by atoms with E-state index in [1.54, 1.807) is 0 Å². The maximum absolute atomic E-state index is 13.4. The van der Waals surface area contributed by atoms with E-state index in [0.717, 1.165) is 12.1 Å². The number of aliphatic hydroxyl groups is 1. The number of nitrogens with one attached hydrogen (secondary N) is 1. The molecule has 0 radical (unpaired) electrons. The third-order valence-electron chi connectivity index (χ3n) is 2.20. The first-order chi connectivity index (χ1) is 7.35. The Kier molecular flexibility index (Phi) is 4.27. The van der Waals surface area contributed by atoms with Gasteiger partial charge in [0, 0.05) is 24.6 Å². The Morgan fingerprint density at radius 1 is 1.31 bits per heavy atom. The lowest BCUT2D eigenvalue weighted by Gasteiger charge is -2.22. The molecule has 0 aliphatic rings. The van der Waals surface area contributed by atoms with Crippen LogP contribution in [-0.2, 0) is 0 Å². The fourth-order valence-electron chi connectivity index (χ4n) is 1.05. The number of anilines is 1. The second-order valence-electron chi connectivity index (χ2n) is 4.42. The Balaban J connectivity index is 2.79. The van der Waals surface area contributed by atoms with Gasteiger partial charge in [0.05, 0.1) is 10.2 Å². The summed E-state index contributed by atoms with van der Waals surface area (Å²) >= 11 is 2.90. The van der Waals surface area contributed by atoms with Crippen molar-refractivity contribution in [3.63, 3.8) is 0 Å². The molecule has 1 aromatic rings. The van der Waals surface area contributed by atoms with Crippen molar-refractivity contribution in [3.05, 3.63) is 28.2 Å². The van der Waals surface area contributed by atoms with E-state index in [9.17, 15) is 8.78 Å². The number of benzene rings is 1. The fourth-order valence-corrected chi connectivity index (χ4v) is 1.36. The van der Waals surface area contributed by atoms with Gasteiger partial charge in [0.1, 0.15) is 11.6 Å². The molecule has 0 amide bonds. The first-order valence-corrected chi connectivity index (χ1v) is 5.64. The second kappa shape index (κ2) is 5.10. The van der Waals surface area contributed by atoms with Crippen LogP contribution in [0.4, 0.5) is 14.5 Å². The lowest BCUT2D eigenvalue weighted by Crippen LogP contribution is -2.27. The molecule has 2 N–H and O–H groups in total. The van der Waals surface area contributed by atoms with Crippen LogP contribution in [0, 0.1) is 17.0 Å². The van der Waals surface area contributed by atoms with Crippen LogP contribution in [0.25, 0.3) is 0 Å². The smallest absolute Gasteiger partial charge is 0.147 e. The highest BCUT2D eigenvalue weighted by Gasteiger charge is 2.17. The Morgan fingerprint density at radius 3 is 2.50 bits per heavy atom. The predicted octanol–water partition coefficient (Wildman–Crippen LogP) is 3.16. The van der Waals surface area contributed by atoms with Crippen molar-refractivity contribution in [1.29, 1.82) is 0 Å². The van der Waals surface area contributed by atoms with Crippen LogP contribution in [0.5, 0.6) is 0 Å². The van der Waals surface area contributed by atoms with Gasteiger partial charge in [-0.25, -0.2) is 8.78 Å². The Bertz CT molecular complexity index is 382. The van der Waals surface area contributed by atoms with Gasteiger partial charge in [0.15, 0.2) is 0 Å². The lowest BCUT2D eigenvalue weighted by atomic mass is 9.95. The molecule has 0 bridgehead atoms. The minimum absolute atomic E-state index is 0.0272. The molecule has 1 rings (SSSR count). The van der Waals surface area contributed by atoms with Gasteiger partial charge in [-0.05, 0) is 22.0 Å². The van der Waals surface area contributed by atoms with E-state index < -0.39 is 11.6 Å². The van der Waals surface area contributed by atoms with Crippen LogP contribution in [-0.4, -0.2) is 18.3 Å². The molecular weight excluding hydrogens is 280 g/mol. The number of hydrogen-bond acceptors (Lipinski definition) is 2. The first kappa shape index (κ1) is 13.4. The molecular formula is C11H14BrF2NO. The summed E-state index contributed by atoms with van der Waals surface area (Å²) < 4.78 is 26.6. The summed E-state index contributed by atoms with van der Waals surface area (Å²) in [6, 6.07) is 2.16. The highest BCUT2D eigenvalue weighted by atomic mass is 79.9. The summed E-state index contributed by atoms with van der Waals surface area (Å²) in [5.74, 6) is -1.05. The molecule has 5 heteroatoms. The van der Waals surface area contributed by atoms with Gasteiger partial charge in [0.25, 0.3) is 0 Å². The minimum Gasteiger partial charge on any atom is -0.396 e. The molecule has 0 aromatic heterocycles. The van der Waals surface area contributed by atoms with E-state index in [2.05, 4.69) is 21.2 Å². The number of rotatable bonds is 4. The monoisotopic (exact) mass is 293 g/mol. The van der Waals surface area contributed by atoms with E-state index in [-0.39, 0.29) is 22.2 Å². The standard InChI is InChI=1S/C11H14BrF2NO/c1-11(2,6-16)5-15-10-4-8(13)7(12)3-9(10)14/h3-4,15-16H,5-6H2,1-2H3. The molecule has 0 unspecified atom stereocenters. The summed E-state index contributed by atoms with van der Waals surface area (Å²) in [6.45, 7) is 3.99. The summed E-state index contributed by atoms with van der Waals surface area (Å²) in [5, 5.41) is 11.8. The SMILES string of the molecule is CC(C)(CO)CNc1cc(F)c(Br)cc1F. The van der Waals surface area contributed by atoms with Crippen molar-refractivity contribution >= 4 is 21.6 Å². The number of hydrogen-bond donors (Lipinski definition) is 2. The van der Waals surface area contributed by atoms with Gasteiger partial charge in [-0.1, -0.05) is 13.8 Å². The number of aliphatic hydroxyl groups excluding tert-OH is 1. The summed E-state index contributed by atoms with van der Waals surface area (Å²) in [7, 11) is 0. The van der Waals surface area contributed by atoms with E-state index in [1.807, 2.05) is 13.8 Å². The molecule has 0 spiro atoms. The molecule has 90 valence electrons. The highest BCUT2D eigenvalue weighted by Crippen LogP contribution is 2.24.